The molecule has 1 saturated heterocycles. The van der Waals surface area contributed by atoms with Crippen molar-refractivity contribution in [3.63, 3.8) is 0 Å². The van der Waals surface area contributed by atoms with E-state index < -0.39 is 0 Å². The maximum atomic E-state index is 13.3. The number of hydrogen-bond donors (Lipinski definition) is 1. The summed E-state index contributed by atoms with van der Waals surface area (Å²) >= 11 is 0. The minimum absolute atomic E-state index is 0.0472. The fourth-order valence-electron chi connectivity index (χ4n) is 4.32. The number of benzene rings is 2. The topological polar surface area (TPSA) is 66.9 Å². The van der Waals surface area contributed by atoms with Gasteiger partial charge in [-0.3, -0.25) is 4.79 Å². The van der Waals surface area contributed by atoms with Gasteiger partial charge in [0.1, 0.15) is 23.6 Å². The lowest BCUT2D eigenvalue weighted by molar-refractivity contribution is -0.913. The Kier molecular flexibility index (Phi) is 5.58. The summed E-state index contributed by atoms with van der Waals surface area (Å²) in [6.45, 7) is 4.52. The number of hydrogen-bond acceptors (Lipinski definition) is 4. The molecule has 0 atom stereocenters. The molecule has 0 radical (unpaired) electrons. The van der Waals surface area contributed by atoms with Crippen LogP contribution in [-0.4, -0.2) is 20.2 Å². The van der Waals surface area contributed by atoms with Gasteiger partial charge in [0.25, 0.3) is 0 Å². The first-order chi connectivity index (χ1) is 14.1. The summed E-state index contributed by atoms with van der Waals surface area (Å²) < 4.78 is 11.3. The van der Waals surface area contributed by atoms with Crippen LogP contribution in [0.2, 0.25) is 0 Å². The molecule has 2 heterocycles. The van der Waals surface area contributed by atoms with Crippen molar-refractivity contribution in [3.05, 3.63) is 57.9 Å². The van der Waals surface area contributed by atoms with E-state index in [1.807, 2.05) is 24.3 Å². The van der Waals surface area contributed by atoms with Gasteiger partial charge in [-0.25, -0.2) is 0 Å². The molecule has 0 saturated carbocycles. The zero-order chi connectivity index (χ0) is 20.4. The number of nitrogens with one attached hydrogen (secondary N) is 1. The van der Waals surface area contributed by atoms with E-state index in [1.165, 1.54) is 36.6 Å². The van der Waals surface area contributed by atoms with Crippen molar-refractivity contribution >= 4 is 11.0 Å². The van der Waals surface area contributed by atoms with Crippen LogP contribution in [0.1, 0.15) is 37.0 Å². The predicted molar refractivity (Wildman–Crippen MR) is 112 cm³/mol. The molecule has 5 nitrogen and oxygen atoms in total. The van der Waals surface area contributed by atoms with Gasteiger partial charge in [0, 0.05) is 5.56 Å². The Balaban J connectivity index is 1.80. The maximum Gasteiger partial charge on any atom is 0.200 e. The Morgan fingerprint density at radius 2 is 1.72 bits per heavy atom. The van der Waals surface area contributed by atoms with Crippen LogP contribution >= 0.6 is 0 Å². The summed E-state index contributed by atoms with van der Waals surface area (Å²) in [4.78, 5) is 14.7. The Bertz CT molecular complexity index is 1060. The molecule has 0 amide bonds. The minimum atomic E-state index is -0.0963. The van der Waals surface area contributed by atoms with Gasteiger partial charge in [-0.1, -0.05) is 23.9 Å². The molecule has 0 spiro atoms. The molecule has 152 valence electrons. The summed E-state index contributed by atoms with van der Waals surface area (Å²) in [5.74, 6) is 1.22. The number of likely N-dealkylation sites (tertiary alicyclic amines) is 1. The second-order valence-electron chi connectivity index (χ2n) is 7.85. The van der Waals surface area contributed by atoms with Crippen molar-refractivity contribution in [3.8, 4) is 22.6 Å². The maximum absolute atomic E-state index is 13.3. The number of quaternary nitrogens is 1. The highest BCUT2D eigenvalue weighted by atomic mass is 16.5. The zero-order valence-electron chi connectivity index (χ0n) is 17.0. The second kappa shape index (κ2) is 8.29. The van der Waals surface area contributed by atoms with Crippen LogP contribution in [0, 0.1) is 6.92 Å². The average molecular weight is 393 g/mol. The van der Waals surface area contributed by atoms with E-state index in [-0.39, 0.29) is 11.2 Å². The van der Waals surface area contributed by atoms with Gasteiger partial charge in [-0.15, -0.1) is 0 Å². The van der Waals surface area contributed by atoms with E-state index in [2.05, 4.69) is 0 Å². The molecule has 0 aliphatic carbocycles. The molecule has 29 heavy (non-hydrogen) atoms. The largest absolute Gasteiger partial charge is 0.872 e. The van der Waals surface area contributed by atoms with E-state index in [9.17, 15) is 9.90 Å². The van der Waals surface area contributed by atoms with Crippen molar-refractivity contribution < 1.29 is 19.2 Å². The monoisotopic (exact) mass is 393 g/mol. The highest BCUT2D eigenvalue weighted by Gasteiger charge is 2.20. The lowest BCUT2D eigenvalue weighted by Gasteiger charge is -2.22. The molecule has 1 aliphatic heterocycles. The third-order valence-corrected chi connectivity index (χ3v) is 5.91. The normalized spacial score (nSPS) is 15.4. The van der Waals surface area contributed by atoms with Gasteiger partial charge in [0.05, 0.1) is 31.1 Å². The van der Waals surface area contributed by atoms with Crippen LogP contribution in [0.5, 0.6) is 11.5 Å². The van der Waals surface area contributed by atoms with E-state index >= 15 is 0 Å². The third-order valence-electron chi connectivity index (χ3n) is 5.91. The highest BCUT2D eigenvalue weighted by molar-refractivity contribution is 5.86. The molecule has 1 aromatic heterocycles. The quantitative estimate of drug-likeness (QED) is 0.740. The van der Waals surface area contributed by atoms with Crippen LogP contribution in [0.3, 0.4) is 0 Å². The standard InChI is InChI=1S/C24H27NO4/c1-16-22(17-7-9-18(28-2)10-8-17)23(27)19-11-12-21(26)20(24(19)29-16)15-25-13-5-3-4-6-14-25/h7-12,26H,3-6,13-15H2,1-2H3. The van der Waals surface area contributed by atoms with Crippen molar-refractivity contribution in [1.82, 2.24) is 0 Å². The van der Waals surface area contributed by atoms with Gasteiger partial charge in [0.2, 0.25) is 5.43 Å². The molecule has 2 aromatic carbocycles. The zero-order valence-corrected chi connectivity index (χ0v) is 17.0. The molecular weight excluding hydrogens is 366 g/mol. The molecule has 4 rings (SSSR count). The number of ether oxygens (including phenoxy) is 1. The summed E-state index contributed by atoms with van der Waals surface area (Å²) in [5.41, 5.74) is 2.30. The number of aryl methyl sites for hydroxylation is 1. The molecular formula is C24H27NO4. The number of fused-ring (bicyclic) bond motifs is 1. The fourth-order valence-corrected chi connectivity index (χ4v) is 4.32. The van der Waals surface area contributed by atoms with Crippen molar-refractivity contribution in [2.45, 2.75) is 39.2 Å². The lowest BCUT2D eigenvalue weighted by Crippen LogP contribution is -3.10. The first-order valence-corrected chi connectivity index (χ1v) is 10.3. The van der Waals surface area contributed by atoms with Crippen molar-refractivity contribution in [2.24, 2.45) is 0 Å². The molecule has 0 unspecified atom stereocenters. The van der Waals surface area contributed by atoms with E-state index in [0.29, 0.717) is 34.4 Å². The molecule has 1 N–H and O–H groups in total. The van der Waals surface area contributed by atoms with Gasteiger partial charge in [-0.2, -0.15) is 0 Å². The van der Waals surface area contributed by atoms with Crippen molar-refractivity contribution in [1.29, 1.82) is 0 Å². The Morgan fingerprint density at radius 1 is 1.03 bits per heavy atom. The first kappa shape index (κ1) is 19.5. The summed E-state index contributed by atoms with van der Waals surface area (Å²) in [5, 5.41) is 13.1. The molecule has 0 bridgehead atoms. The van der Waals surface area contributed by atoms with E-state index in [4.69, 9.17) is 9.15 Å². The second-order valence-corrected chi connectivity index (χ2v) is 7.85. The highest BCUT2D eigenvalue weighted by Crippen LogP contribution is 2.29. The lowest BCUT2D eigenvalue weighted by atomic mass is 10.0. The van der Waals surface area contributed by atoms with Crippen LogP contribution in [-0.2, 0) is 6.54 Å². The van der Waals surface area contributed by atoms with E-state index in [0.717, 1.165) is 24.4 Å². The average Bonchev–Trinajstić information content (AvgIpc) is 2.99. The summed E-state index contributed by atoms with van der Waals surface area (Å²) in [6.07, 6.45) is 4.86. The molecule has 1 aliphatic rings. The predicted octanol–water partition coefficient (Wildman–Crippen LogP) is 2.81. The Morgan fingerprint density at radius 3 is 2.38 bits per heavy atom. The molecule has 5 heteroatoms. The van der Waals surface area contributed by atoms with Crippen molar-refractivity contribution in [2.75, 3.05) is 20.2 Å². The van der Waals surface area contributed by atoms with Gasteiger partial charge >= 0.3 is 0 Å². The Hall–Kier alpha value is -2.79. The van der Waals surface area contributed by atoms with Gasteiger partial charge in [0.15, 0.2) is 0 Å². The minimum Gasteiger partial charge on any atom is -0.872 e. The summed E-state index contributed by atoms with van der Waals surface area (Å²) in [6, 6.07) is 10.5. The van der Waals surface area contributed by atoms with E-state index in [1.54, 1.807) is 20.1 Å². The SMILES string of the molecule is COc1ccc(-c2c(C)oc3c(C[NH+]4CCCCCC4)c([O-])ccc3c2=O)cc1. The number of rotatable bonds is 4. The van der Waals surface area contributed by atoms with Crippen LogP contribution < -0.4 is 20.2 Å². The van der Waals surface area contributed by atoms with Gasteiger partial charge in [-0.05, 0) is 56.4 Å². The summed E-state index contributed by atoms with van der Waals surface area (Å²) in [7, 11) is 1.61. The van der Waals surface area contributed by atoms with Crippen LogP contribution in [0.4, 0.5) is 0 Å². The third kappa shape index (κ3) is 3.87. The fraction of sp³-hybridized carbons (Fsp3) is 0.375. The van der Waals surface area contributed by atoms with Crippen LogP contribution in [0.15, 0.2) is 45.6 Å². The van der Waals surface area contributed by atoms with Crippen LogP contribution in [0.25, 0.3) is 22.1 Å². The molecule has 1 fully saturated rings. The number of methoxy groups -OCH3 is 1. The van der Waals surface area contributed by atoms with Gasteiger partial charge < -0.3 is 19.2 Å². The first-order valence-electron chi connectivity index (χ1n) is 10.3. The smallest absolute Gasteiger partial charge is 0.200 e. The Labute approximate surface area is 170 Å². The molecule has 3 aromatic rings.